The summed E-state index contributed by atoms with van der Waals surface area (Å²) in [5.74, 6) is -0.457. The Labute approximate surface area is 220 Å². The molecule has 0 fully saturated rings. The van der Waals surface area contributed by atoms with Crippen LogP contribution in [0, 0.1) is 5.82 Å². The van der Waals surface area contributed by atoms with Crippen LogP contribution in [0.1, 0.15) is 22.7 Å². The summed E-state index contributed by atoms with van der Waals surface area (Å²) in [4.78, 5) is 29.0. The van der Waals surface area contributed by atoms with E-state index in [-0.39, 0.29) is 18.9 Å². The van der Waals surface area contributed by atoms with Crippen molar-refractivity contribution in [3.63, 3.8) is 0 Å². The van der Waals surface area contributed by atoms with Gasteiger partial charge in [-0.25, -0.2) is 4.39 Å². The largest absolute Gasteiger partial charge is 0.497 e. The minimum atomic E-state index is -1.02. The zero-order chi connectivity index (χ0) is 26.2. The fraction of sp³-hybridized carbons (Fsp3) is 0.133. The molecule has 1 N–H and O–H groups in total. The minimum absolute atomic E-state index is 0.0991. The Hall–Kier alpha value is -4.16. The number of carbonyl (C=O) groups is 2. The molecule has 0 spiro atoms. The Morgan fingerprint density at radius 3 is 2.14 bits per heavy atom. The number of nitrogens with one attached hydrogen (secondary N) is 1. The van der Waals surface area contributed by atoms with Crippen molar-refractivity contribution in [1.82, 2.24) is 4.90 Å². The quantitative estimate of drug-likeness (QED) is 0.278. The Morgan fingerprint density at radius 1 is 0.865 bits per heavy atom. The predicted molar refractivity (Wildman–Crippen MR) is 143 cm³/mol. The van der Waals surface area contributed by atoms with Gasteiger partial charge in [0.15, 0.2) is 0 Å². The van der Waals surface area contributed by atoms with E-state index in [9.17, 15) is 14.0 Å². The maximum Gasteiger partial charge on any atom is 0.251 e. The summed E-state index contributed by atoms with van der Waals surface area (Å²) in [6, 6.07) is 27.9. The van der Waals surface area contributed by atoms with Crippen LogP contribution in [0.15, 0.2) is 103 Å². The van der Waals surface area contributed by atoms with Crippen molar-refractivity contribution in [3.8, 4) is 5.75 Å². The number of hydrogen-bond donors (Lipinski definition) is 1. The lowest BCUT2D eigenvalue weighted by molar-refractivity contribution is -0.139. The third-order valence-electron chi connectivity index (χ3n) is 5.89. The SMILES string of the molecule is COc1ccc(NC(=O)C(c2ccc(F)cc2)N(Cc2ccc(Cl)cc2)C(=O)Cc2ccccc2)cc1. The molecule has 0 heterocycles. The fourth-order valence-electron chi connectivity index (χ4n) is 3.98. The molecule has 4 aromatic rings. The Bertz CT molecular complexity index is 1330. The van der Waals surface area contributed by atoms with Gasteiger partial charge in [-0.1, -0.05) is 66.2 Å². The molecule has 1 unspecified atom stereocenters. The highest BCUT2D eigenvalue weighted by atomic mass is 35.5. The fourth-order valence-corrected chi connectivity index (χ4v) is 4.11. The van der Waals surface area contributed by atoms with E-state index >= 15 is 0 Å². The van der Waals surface area contributed by atoms with Gasteiger partial charge in [0.2, 0.25) is 5.91 Å². The number of methoxy groups -OCH3 is 1. The second kappa shape index (κ2) is 12.2. The summed E-state index contributed by atoms with van der Waals surface area (Å²) in [6.45, 7) is 0.154. The highest BCUT2D eigenvalue weighted by Crippen LogP contribution is 2.27. The monoisotopic (exact) mass is 516 g/mol. The van der Waals surface area contributed by atoms with Gasteiger partial charge in [0.25, 0.3) is 5.91 Å². The van der Waals surface area contributed by atoms with E-state index in [4.69, 9.17) is 16.3 Å². The number of carbonyl (C=O) groups excluding carboxylic acids is 2. The molecule has 1 atom stereocenters. The molecule has 0 aromatic heterocycles. The molecule has 4 rings (SSSR count). The number of ether oxygens (including phenoxy) is 1. The van der Waals surface area contributed by atoms with Gasteiger partial charge in [0.1, 0.15) is 17.6 Å². The number of rotatable bonds is 9. The molecule has 0 aliphatic heterocycles. The molecule has 0 aliphatic rings. The number of benzene rings is 4. The average molecular weight is 517 g/mol. The van der Waals surface area contributed by atoms with Crippen LogP contribution in [0.3, 0.4) is 0 Å². The van der Waals surface area contributed by atoms with Gasteiger partial charge in [0.05, 0.1) is 13.5 Å². The molecule has 5 nitrogen and oxygen atoms in total. The Balaban J connectivity index is 1.72. The summed E-state index contributed by atoms with van der Waals surface area (Å²) >= 11 is 6.06. The first-order chi connectivity index (χ1) is 17.9. The first kappa shape index (κ1) is 25.9. The van der Waals surface area contributed by atoms with Crippen LogP contribution in [0.5, 0.6) is 5.75 Å². The molecule has 0 radical (unpaired) electrons. The summed E-state index contributed by atoms with van der Waals surface area (Å²) in [6.07, 6.45) is 0.0991. The summed E-state index contributed by atoms with van der Waals surface area (Å²) in [5.41, 5.74) is 2.65. The molecule has 7 heteroatoms. The Kier molecular flexibility index (Phi) is 8.54. The maximum absolute atomic E-state index is 13.8. The van der Waals surface area contributed by atoms with Crippen LogP contribution < -0.4 is 10.1 Å². The van der Waals surface area contributed by atoms with Crippen molar-refractivity contribution in [2.24, 2.45) is 0 Å². The highest BCUT2D eigenvalue weighted by molar-refractivity contribution is 6.30. The van der Waals surface area contributed by atoms with Crippen LogP contribution in [-0.4, -0.2) is 23.8 Å². The highest BCUT2D eigenvalue weighted by Gasteiger charge is 2.32. The molecule has 0 aliphatic carbocycles. The lowest BCUT2D eigenvalue weighted by Gasteiger charge is -2.32. The van der Waals surface area contributed by atoms with Gasteiger partial charge in [-0.3, -0.25) is 9.59 Å². The van der Waals surface area contributed by atoms with E-state index in [1.807, 2.05) is 42.5 Å². The smallest absolute Gasteiger partial charge is 0.251 e. The summed E-state index contributed by atoms with van der Waals surface area (Å²) < 4.78 is 19.0. The number of amides is 2. The van der Waals surface area contributed by atoms with Gasteiger partial charge in [0, 0.05) is 17.3 Å². The van der Waals surface area contributed by atoms with Crippen LogP contribution in [0.25, 0.3) is 0 Å². The molecular formula is C30H26ClFN2O3. The minimum Gasteiger partial charge on any atom is -0.497 e. The van der Waals surface area contributed by atoms with E-state index in [0.29, 0.717) is 22.0 Å². The first-order valence-corrected chi connectivity index (χ1v) is 12.1. The molecule has 37 heavy (non-hydrogen) atoms. The topological polar surface area (TPSA) is 58.6 Å². The molecule has 0 bridgehead atoms. The summed E-state index contributed by atoms with van der Waals surface area (Å²) in [7, 11) is 1.56. The number of hydrogen-bond acceptors (Lipinski definition) is 3. The average Bonchev–Trinajstić information content (AvgIpc) is 2.91. The standard InChI is InChI=1S/C30H26ClFN2O3/c1-37-27-17-15-26(16-18-27)33-30(36)29(23-9-13-25(32)14-10-23)34(20-22-7-11-24(31)12-8-22)28(35)19-21-5-3-2-4-6-21/h2-18,29H,19-20H2,1H3,(H,33,36). The molecule has 0 saturated carbocycles. The molecule has 188 valence electrons. The molecule has 0 saturated heterocycles. The van der Waals surface area contributed by atoms with Crippen LogP contribution in [-0.2, 0) is 22.6 Å². The second-order valence-corrected chi connectivity index (χ2v) is 8.92. The normalized spacial score (nSPS) is 11.4. The van der Waals surface area contributed by atoms with Gasteiger partial charge >= 0.3 is 0 Å². The van der Waals surface area contributed by atoms with Crippen molar-refractivity contribution in [2.45, 2.75) is 19.0 Å². The van der Waals surface area contributed by atoms with Crippen LogP contribution >= 0.6 is 11.6 Å². The van der Waals surface area contributed by atoms with E-state index < -0.39 is 17.8 Å². The third-order valence-corrected chi connectivity index (χ3v) is 6.14. The molecular weight excluding hydrogens is 491 g/mol. The second-order valence-electron chi connectivity index (χ2n) is 8.48. The van der Waals surface area contributed by atoms with Crippen molar-refractivity contribution < 1.29 is 18.7 Å². The summed E-state index contributed by atoms with van der Waals surface area (Å²) in [5, 5.41) is 3.47. The zero-order valence-electron chi connectivity index (χ0n) is 20.2. The number of anilines is 1. The van der Waals surface area contributed by atoms with E-state index in [1.165, 1.54) is 29.2 Å². The molecule has 4 aromatic carbocycles. The van der Waals surface area contributed by atoms with Gasteiger partial charge < -0.3 is 15.0 Å². The molecule has 2 amide bonds. The lowest BCUT2D eigenvalue weighted by atomic mass is 10.0. The van der Waals surface area contributed by atoms with Crippen LogP contribution in [0.2, 0.25) is 5.02 Å². The number of nitrogens with zero attached hydrogens (tertiary/aromatic N) is 1. The zero-order valence-corrected chi connectivity index (χ0v) is 21.0. The lowest BCUT2D eigenvalue weighted by Crippen LogP contribution is -2.41. The van der Waals surface area contributed by atoms with E-state index in [0.717, 1.165) is 11.1 Å². The van der Waals surface area contributed by atoms with E-state index in [1.54, 1.807) is 43.5 Å². The van der Waals surface area contributed by atoms with Crippen LogP contribution in [0.4, 0.5) is 10.1 Å². The first-order valence-electron chi connectivity index (χ1n) is 11.7. The number of halogens is 2. The van der Waals surface area contributed by atoms with Gasteiger partial charge in [-0.05, 0) is 65.2 Å². The van der Waals surface area contributed by atoms with E-state index in [2.05, 4.69) is 5.32 Å². The van der Waals surface area contributed by atoms with Gasteiger partial charge in [-0.2, -0.15) is 0 Å². The van der Waals surface area contributed by atoms with Crippen molar-refractivity contribution >= 4 is 29.1 Å². The van der Waals surface area contributed by atoms with Crippen molar-refractivity contribution in [3.05, 3.63) is 131 Å². The Morgan fingerprint density at radius 2 is 1.51 bits per heavy atom. The van der Waals surface area contributed by atoms with Gasteiger partial charge in [-0.15, -0.1) is 0 Å². The third kappa shape index (κ3) is 6.96. The maximum atomic E-state index is 13.8. The predicted octanol–water partition coefficient (Wildman–Crippen LogP) is 6.44. The van der Waals surface area contributed by atoms with Crippen molar-refractivity contribution in [1.29, 1.82) is 0 Å². The van der Waals surface area contributed by atoms with Crippen molar-refractivity contribution in [2.75, 3.05) is 12.4 Å².